The Morgan fingerprint density at radius 2 is 1.96 bits per heavy atom. The van der Waals surface area contributed by atoms with Gasteiger partial charge in [0.25, 0.3) is 0 Å². The third-order valence-electron chi connectivity index (χ3n) is 3.84. The predicted molar refractivity (Wildman–Crippen MR) is 117 cm³/mol. The molecule has 0 saturated carbocycles. The van der Waals surface area contributed by atoms with Crippen LogP contribution in [0.1, 0.15) is 45.7 Å². The van der Waals surface area contributed by atoms with E-state index in [0.29, 0.717) is 6.54 Å². The van der Waals surface area contributed by atoms with Crippen LogP contribution in [0, 0.1) is 12.3 Å². The molecule has 0 aliphatic rings. The molecule has 1 rings (SSSR count). The second-order valence-electron chi connectivity index (χ2n) is 7.05. The van der Waals surface area contributed by atoms with E-state index >= 15 is 0 Å². The molecule has 0 saturated heterocycles. The number of hydrogen-bond acceptors (Lipinski definition) is 5. The molecule has 26 heavy (non-hydrogen) atoms. The Hall–Kier alpha value is -1.27. The summed E-state index contributed by atoms with van der Waals surface area (Å²) in [6.07, 6.45) is 5.69. The Balaban J connectivity index is 3.22. The summed E-state index contributed by atoms with van der Waals surface area (Å²) in [4.78, 5) is 23.8. The van der Waals surface area contributed by atoms with Crippen molar-refractivity contribution < 1.29 is 4.79 Å². The monoisotopic (exact) mass is 393 g/mol. The van der Waals surface area contributed by atoms with Crippen molar-refractivity contribution in [3.63, 3.8) is 0 Å². The van der Waals surface area contributed by atoms with Crippen LogP contribution in [0.15, 0.2) is 34.1 Å². The molecule has 0 aromatic carbocycles. The number of carbonyl (C=O) groups excluding carboxylic acids is 1. The number of rotatable bonds is 7. The Kier molecular flexibility index (Phi) is 8.90. The number of pyridine rings is 1. The van der Waals surface area contributed by atoms with E-state index in [2.05, 4.69) is 16.0 Å². The summed E-state index contributed by atoms with van der Waals surface area (Å²) in [6.45, 7) is 12.8. The Morgan fingerprint density at radius 1 is 1.31 bits per heavy atom. The van der Waals surface area contributed by atoms with Gasteiger partial charge in [-0.2, -0.15) is 11.8 Å². The Bertz CT molecular complexity index is 692. The third-order valence-corrected chi connectivity index (χ3v) is 6.28. The second-order valence-corrected chi connectivity index (χ2v) is 8.90. The number of carbonyl (C=O) groups is 1. The molecule has 0 N–H and O–H groups in total. The zero-order chi connectivity index (χ0) is 19.9. The molecule has 6 heteroatoms. The molecule has 0 atom stereocenters. The lowest BCUT2D eigenvalue weighted by Gasteiger charge is -2.33. The Morgan fingerprint density at radius 3 is 2.42 bits per heavy atom. The number of aromatic nitrogens is 1. The molecule has 0 fully saturated rings. The van der Waals surface area contributed by atoms with Gasteiger partial charge in [0.15, 0.2) is 0 Å². The average molecular weight is 394 g/mol. The maximum Gasteiger partial charge on any atom is 0.233 e. The fraction of sp³-hybridized carbons (Fsp3) is 0.550. The van der Waals surface area contributed by atoms with Gasteiger partial charge in [-0.05, 0) is 51.2 Å². The van der Waals surface area contributed by atoms with E-state index in [1.165, 1.54) is 0 Å². The van der Waals surface area contributed by atoms with Crippen molar-refractivity contribution in [2.75, 3.05) is 25.6 Å². The molecule has 0 radical (unpaired) electrons. The van der Waals surface area contributed by atoms with Crippen LogP contribution in [0.3, 0.4) is 0 Å². The number of thioether (sulfide) groups is 2. The third kappa shape index (κ3) is 5.88. The fourth-order valence-electron chi connectivity index (χ4n) is 2.59. The summed E-state index contributed by atoms with van der Waals surface area (Å²) in [6, 6.07) is 2.07. The highest BCUT2D eigenvalue weighted by Crippen LogP contribution is 2.33. The highest BCUT2D eigenvalue weighted by atomic mass is 32.2. The molecule has 0 aliphatic carbocycles. The van der Waals surface area contributed by atoms with Crippen molar-refractivity contribution in [2.24, 2.45) is 10.4 Å². The van der Waals surface area contributed by atoms with Crippen LogP contribution < -0.4 is 0 Å². The van der Waals surface area contributed by atoms with Crippen molar-refractivity contribution in [1.82, 2.24) is 9.88 Å². The SMILES string of the molecule is CCN(C(=O)C(C)(C)CSC)C(S/C(=N/C)c1cncc(C)c1)=C(C)C. The number of nitrogens with zero attached hydrogens (tertiary/aromatic N) is 3. The molecule has 0 spiro atoms. The van der Waals surface area contributed by atoms with Gasteiger partial charge in [-0.25, -0.2) is 0 Å². The summed E-state index contributed by atoms with van der Waals surface area (Å²) in [5.74, 6) is 0.940. The van der Waals surface area contributed by atoms with Crippen molar-refractivity contribution >= 4 is 34.5 Å². The van der Waals surface area contributed by atoms with Crippen molar-refractivity contribution in [1.29, 1.82) is 0 Å². The molecule has 0 aliphatic heterocycles. The lowest BCUT2D eigenvalue weighted by Crippen LogP contribution is -2.41. The maximum atomic E-state index is 13.2. The summed E-state index contributed by atoms with van der Waals surface area (Å²) >= 11 is 3.24. The van der Waals surface area contributed by atoms with Crippen LogP contribution >= 0.6 is 23.5 Å². The van der Waals surface area contributed by atoms with Crippen LogP contribution in [0.2, 0.25) is 0 Å². The normalized spacial score (nSPS) is 12.1. The summed E-state index contributed by atoms with van der Waals surface area (Å²) in [5.41, 5.74) is 2.76. The molecule has 0 bridgehead atoms. The van der Waals surface area contributed by atoms with Crippen molar-refractivity contribution in [2.45, 2.75) is 41.5 Å². The van der Waals surface area contributed by atoms with E-state index in [9.17, 15) is 4.79 Å². The van der Waals surface area contributed by atoms with E-state index in [0.717, 1.165) is 32.5 Å². The number of aliphatic imine (C=N–C) groups is 1. The fourth-order valence-corrected chi connectivity index (χ4v) is 4.47. The quantitative estimate of drug-likeness (QED) is 0.484. The van der Waals surface area contributed by atoms with E-state index < -0.39 is 5.41 Å². The van der Waals surface area contributed by atoms with Gasteiger partial charge < -0.3 is 4.90 Å². The van der Waals surface area contributed by atoms with Gasteiger partial charge in [0.1, 0.15) is 5.04 Å². The van der Waals surface area contributed by atoms with E-state index in [-0.39, 0.29) is 5.91 Å². The van der Waals surface area contributed by atoms with Crippen LogP contribution in [-0.4, -0.2) is 46.4 Å². The zero-order valence-electron chi connectivity index (χ0n) is 17.2. The molecular formula is C20H31N3OS2. The predicted octanol–water partition coefficient (Wildman–Crippen LogP) is 4.99. The van der Waals surface area contributed by atoms with Gasteiger partial charge in [-0.1, -0.05) is 25.6 Å². The molecule has 144 valence electrons. The number of amides is 1. The van der Waals surface area contributed by atoms with Crippen LogP contribution in [0.5, 0.6) is 0 Å². The van der Waals surface area contributed by atoms with Gasteiger partial charge in [0.05, 0.1) is 10.4 Å². The Labute approximate surface area is 166 Å². The molecule has 0 unspecified atom stereocenters. The lowest BCUT2D eigenvalue weighted by molar-refractivity contribution is -0.136. The molecule has 1 aromatic rings. The van der Waals surface area contributed by atoms with Gasteiger partial charge >= 0.3 is 0 Å². The van der Waals surface area contributed by atoms with Gasteiger partial charge in [0.2, 0.25) is 5.91 Å². The van der Waals surface area contributed by atoms with Gasteiger partial charge in [-0.15, -0.1) is 0 Å². The first-order valence-electron chi connectivity index (χ1n) is 8.73. The summed E-state index contributed by atoms with van der Waals surface area (Å²) in [5, 5.41) is 1.82. The average Bonchev–Trinajstić information content (AvgIpc) is 2.57. The molecule has 1 aromatic heterocycles. The van der Waals surface area contributed by atoms with Crippen LogP contribution in [0.25, 0.3) is 0 Å². The van der Waals surface area contributed by atoms with Crippen molar-refractivity contribution in [3.8, 4) is 0 Å². The van der Waals surface area contributed by atoms with Crippen LogP contribution in [-0.2, 0) is 4.79 Å². The van der Waals surface area contributed by atoms with Gasteiger partial charge in [0, 0.05) is 37.3 Å². The van der Waals surface area contributed by atoms with Crippen LogP contribution in [0.4, 0.5) is 0 Å². The van der Waals surface area contributed by atoms with Gasteiger partial charge in [-0.3, -0.25) is 14.8 Å². The minimum absolute atomic E-state index is 0.149. The smallest absolute Gasteiger partial charge is 0.233 e. The highest BCUT2D eigenvalue weighted by Gasteiger charge is 2.33. The highest BCUT2D eigenvalue weighted by molar-refractivity contribution is 8.17. The number of allylic oxidation sites excluding steroid dienone is 1. The number of hydrogen-bond donors (Lipinski definition) is 0. The van der Waals surface area contributed by atoms with E-state index in [1.807, 2.05) is 65.1 Å². The zero-order valence-corrected chi connectivity index (χ0v) is 18.8. The first kappa shape index (κ1) is 22.8. The first-order chi connectivity index (χ1) is 12.2. The second kappa shape index (κ2) is 10.2. The number of aryl methyl sites for hydroxylation is 1. The minimum Gasteiger partial charge on any atom is -0.306 e. The molecule has 4 nitrogen and oxygen atoms in total. The molecule has 1 amide bonds. The minimum atomic E-state index is -0.412. The first-order valence-corrected chi connectivity index (χ1v) is 10.9. The van der Waals surface area contributed by atoms with E-state index in [1.54, 1.807) is 30.6 Å². The molecular weight excluding hydrogens is 362 g/mol. The standard InChI is InChI=1S/C20H31N3OS2/c1-9-23(19(24)20(5,6)13-25-8)18(14(2)3)26-17(21-7)16-10-15(4)11-22-12-16/h10-12H,9,13H2,1-8H3/b21-17+. The largest absolute Gasteiger partial charge is 0.306 e. The summed E-state index contributed by atoms with van der Waals surface area (Å²) < 4.78 is 0. The maximum absolute atomic E-state index is 13.2. The molecule has 1 heterocycles. The van der Waals surface area contributed by atoms with E-state index in [4.69, 9.17) is 0 Å². The lowest BCUT2D eigenvalue weighted by atomic mass is 9.94. The van der Waals surface area contributed by atoms with Crippen molar-refractivity contribution in [3.05, 3.63) is 40.2 Å². The summed E-state index contributed by atoms with van der Waals surface area (Å²) in [7, 11) is 1.78. The topological polar surface area (TPSA) is 45.6 Å².